The van der Waals surface area contributed by atoms with Gasteiger partial charge in [-0.1, -0.05) is 11.8 Å². The van der Waals surface area contributed by atoms with Gasteiger partial charge in [-0.25, -0.2) is 4.39 Å². The molecule has 17 heavy (non-hydrogen) atoms. The van der Waals surface area contributed by atoms with E-state index in [1.54, 1.807) is 0 Å². The topological polar surface area (TPSA) is 43.4 Å². The Morgan fingerprint density at radius 3 is 2.71 bits per heavy atom. The third kappa shape index (κ3) is 3.72. The smallest absolute Gasteiger partial charge is 0.317 e. The fourth-order valence-corrected chi connectivity index (χ4v) is 1.21. The summed E-state index contributed by atoms with van der Waals surface area (Å²) in [7, 11) is 1.26. The number of methoxy groups -OCH3 is 1. The molecule has 4 heteroatoms. The molecule has 0 N–H and O–H groups in total. The molecular formula is C13H11FO3. The van der Waals surface area contributed by atoms with E-state index in [1.807, 2.05) is 0 Å². The van der Waals surface area contributed by atoms with E-state index in [1.165, 1.54) is 32.2 Å². The van der Waals surface area contributed by atoms with Crippen molar-refractivity contribution in [3.05, 3.63) is 35.1 Å². The van der Waals surface area contributed by atoms with Gasteiger partial charge >= 0.3 is 5.97 Å². The van der Waals surface area contributed by atoms with Gasteiger partial charge in [0.05, 0.1) is 7.11 Å². The molecule has 0 aliphatic rings. The van der Waals surface area contributed by atoms with Crippen LogP contribution in [-0.2, 0) is 9.53 Å². The Kier molecular flexibility index (Phi) is 4.41. The Morgan fingerprint density at radius 2 is 2.12 bits per heavy atom. The minimum atomic E-state index is -0.475. The second-order valence-corrected chi connectivity index (χ2v) is 3.30. The van der Waals surface area contributed by atoms with Gasteiger partial charge in [-0.05, 0) is 25.1 Å². The molecule has 88 valence electrons. The number of benzene rings is 1. The molecule has 0 radical (unpaired) electrons. The van der Waals surface area contributed by atoms with E-state index in [0.717, 1.165) is 0 Å². The van der Waals surface area contributed by atoms with Gasteiger partial charge in [0.2, 0.25) is 0 Å². The minimum Gasteiger partial charge on any atom is -0.468 e. The predicted molar refractivity (Wildman–Crippen MR) is 59.9 cm³/mol. The fourth-order valence-electron chi connectivity index (χ4n) is 1.21. The number of esters is 1. The third-order valence-electron chi connectivity index (χ3n) is 2.04. The van der Waals surface area contributed by atoms with E-state index < -0.39 is 11.8 Å². The van der Waals surface area contributed by atoms with Crippen molar-refractivity contribution < 1.29 is 18.7 Å². The lowest BCUT2D eigenvalue weighted by Crippen LogP contribution is -1.99. The molecule has 0 heterocycles. The Morgan fingerprint density at radius 1 is 1.41 bits per heavy atom. The molecule has 1 aromatic rings. The monoisotopic (exact) mass is 234 g/mol. The van der Waals surface area contributed by atoms with Gasteiger partial charge in [-0.15, -0.1) is 0 Å². The number of ketones is 1. The number of hydrogen-bond donors (Lipinski definition) is 0. The molecule has 0 aromatic heterocycles. The summed E-state index contributed by atoms with van der Waals surface area (Å²) in [6.45, 7) is 1.37. The van der Waals surface area contributed by atoms with Crippen LogP contribution in [0.15, 0.2) is 18.2 Å². The quantitative estimate of drug-likeness (QED) is 0.446. The van der Waals surface area contributed by atoms with Crippen LogP contribution in [0, 0.1) is 17.7 Å². The summed E-state index contributed by atoms with van der Waals surface area (Å²) in [5.41, 5.74) is 0.616. The number of Topliss-reactive ketones (excluding diaryl/α,β-unsaturated/α-hetero) is 1. The van der Waals surface area contributed by atoms with Crippen LogP contribution in [0.1, 0.15) is 29.3 Å². The van der Waals surface area contributed by atoms with Crippen LogP contribution < -0.4 is 0 Å². The number of rotatable bonds is 2. The van der Waals surface area contributed by atoms with Crippen molar-refractivity contribution in [2.45, 2.75) is 13.3 Å². The minimum absolute atomic E-state index is 0.0929. The van der Waals surface area contributed by atoms with Gasteiger partial charge in [0, 0.05) is 11.1 Å². The molecule has 0 saturated carbocycles. The first-order chi connectivity index (χ1) is 8.04. The van der Waals surface area contributed by atoms with Gasteiger partial charge < -0.3 is 4.74 Å². The zero-order chi connectivity index (χ0) is 12.8. The van der Waals surface area contributed by atoms with Crippen molar-refractivity contribution >= 4 is 11.8 Å². The first-order valence-electron chi connectivity index (χ1n) is 4.90. The second kappa shape index (κ2) is 5.80. The van der Waals surface area contributed by atoms with Crippen molar-refractivity contribution in [2.75, 3.05) is 7.11 Å². The molecule has 0 fully saturated rings. The molecule has 0 spiro atoms. The SMILES string of the molecule is COC(=O)CC#Cc1cc(F)ccc1C(C)=O. The van der Waals surface area contributed by atoms with Crippen molar-refractivity contribution in [3.63, 3.8) is 0 Å². The van der Waals surface area contributed by atoms with Crippen LogP contribution in [0.25, 0.3) is 0 Å². The van der Waals surface area contributed by atoms with Gasteiger partial charge in [0.25, 0.3) is 0 Å². The lowest BCUT2D eigenvalue weighted by atomic mass is 10.0. The fraction of sp³-hybridized carbons (Fsp3) is 0.231. The Bertz CT molecular complexity index is 509. The first-order valence-corrected chi connectivity index (χ1v) is 4.90. The molecule has 0 unspecified atom stereocenters. The van der Waals surface area contributed by atoms with E-state index in [9.17, 15) is 14.0 Å². The van der Waals surface area contributed by atoms with Crippen molar-refractivity contribution in [3.8, 4) is 11.8 Å². The van der Waals surface area contributed by atoms with Gasteiger partial charge in [-0.3, -0.25) is 9.59 Å². The maximum atomic E-state index is 13.0. The summed E-state index contributed by atoms with van der Waals surface area (Å²) >= 11 is 0. The van der Waals surface area contributed by atoms with Crippen LogP contribution in [0.3, 0.4) is 0 Å². The predicted octanol–water partition coefficient (Wildman–Crippen LogP) is 1.94. The second-order valence-electron chi connectivity index (χ2n) is 3.30. The zero-order valence-corrected chi connectivity index (χ0v) is 9.54. The largest absolute Gasteiger partial charge is 0.468 e. The molecule has 0 atom stereocenters. The standard InChI is InChI=1S/C13H11FO3/c1-9(15)12-7-6-11(14)8-10(12)4-3-5-13(16)17-2/h6-8H,5H2,1-2H3. The van der Waals surface area contributed by atoms with Crippen LogP contribution >= 0.6 is 0 Å². The third-order valence-corrected chi connectivity index (χ3v) is 2.04. The van der Waals surface area contributed by atoms with Crippen LogP contribution in [0.4, 0.5) is 4.39 Å². The summed E-state index contributed by atoms with van der Waals surface area (Å²) in [5, 5.41) is 0. The van der Waals surface area contributed by atoms with Crippen molar-refractivity contribution in [2.24, 2.45) is 0 Å². The lowest BCUT2D eigenvalue weighted by Gasteiger charge is -1.99. The Labute approximate surface area is 98.6 Å². The highest BCUT2D eigenvalue weighted by atomic mass is 19.1. The van der Waals surface area contributed by atoms with Crippen LogP contribution in [0.5, 0.6) is 0 Å². The molecule has 0 aliphatic carbocycles. The maximum absolute atomic E-state index is 13.0. The zero-order valence-electron chi connectivity index (χ0n) is 9.54. The van der Waals surface area contributed by atoms with E-state index in [0.29, 0.717) is 5.56 Å². The average Bonchev–Trinajstić information content (AvgIpc) is 2.28. The van der Waals surface area contributed by atoms with Crippen LogP contribution in [-0.4, -0.2) is 18.9 Å². The number of halogens is 1. The average molecular weight is 234 g/mol. The van der Waals surface area contributed by atoms with E-state index >= 15 is 0 Å². The van der Waals surface area contributed by atoms with Gasteiger partial charge in [-0.2, -0.15) is 0 Å². The molecule has 3 nitrogen and oxygen atoms in total. The Balaban J connectivity index is 3.00. The first kappa shape index (κ1) is 12.9. The van der Waals surface area contributed by atoms with Gasteiger partial charge in [0.1, 0.15) is 12.2 Å². The molecule has 1 rings (SSSR count). The number of hydrogen-bond acceptors (Lipinski definition) is 3. The molecule has 0 bridgehead atoms. The van der Waals surface area contributed by atoms with Crippen molar-refractivity contribution in [1.29, 1.82) is 0 Å². The van der Waals surface area contributed by atoms with Crippen molar-refractivity contribution in [1.82, 2.24) is 0 Å². The molecule has 0 aliphatic heterocycles. The normalized spacial score (nSPS) is 9.12. The molecular weight excluding hydrogens is 223 g/mol. The number of carbonyl (C=O) groups excluding carboxylic acids is 2. The van der Waals surface area contributed by atoms with Gasteiger partial charge in [0.15, 0.2) is 5.78 Å². The maximum Gasteiger partial charge on any atom is 0.317 e. The lowest BCUT2D eigenvalue weighted by molar-refractivity contribution is -0.139. The summed E-state index contributed by atoms with van der Waals surface area (Å²) in [4.78, 5) is 22.1. The number of ether oxygens (including phenoxy) is 1. The summed E-state index contributed by atoms with van der Waals surface area (Å²) in [6.07, 6.45) is -0.0929. The molecule has 1 aromatic carbocycles. The van der Waals surface area contributed by atoms with E-state index in [-0.39, 0.29) is 17.8 Å². The summed E-state index contributed by atoms with van der Waals surface area (Å²) < 4.78 is 17.4. The Hall–Kier alpha value is -2.15. The highest BCUT2D eigenvalue weighted by Crippen LogP contribution is 2.11. The summed E-state index contributed by atoms with van der Waals surface area (Å²) in [6, 6.07) is 3.74. The highest BCUT2D eigenvalue weighted by Gasteiger charge is 2.06. The summed E-state index contributed by atoms with van der Waals surface area (Å²) in [5.74, 6) is 3.97. The van der Waals surface area contributed by atoms with E-state index in [2.05, 4.69) is 16.6 Å². The van der Waals surface area contributed by atoms with Crippen LogP contribution in [0.2, 0.25) is 0 Å². The molecule has 0 amide bonds. The number of carbonyl (C=O) groups is 2. The highest BCUT2D eigenvalue weighted by molar-refractivity contribution is 5.96. The van der Waals surface area contributed by atoms with E-state index in [4.69, 9.17) is 0 Å². The molecule has 0 saturated heterocycles.